The van der Waals surface area contributed by atoms with E-state index in [0.717, 1.165) is 49.3 Å². The number of nitrogens with zero attached hydrogens (tertiary/aromatic N) is 6. The van der Waals surface area contributed by atoms with E-state index in [-0.39, 0.29) is 11.9 Å². The Labute approximate surface area is 152 Å². The van der Waals surface area contributed by atoms with Crippen LogP contribution < -0.4 is 0 Å². The molecule has 3 fully saturated rings. The van der Waals surface area contributed by atoms with Gasteiger partial charge in [0, 0.05) is 38.5 Å². The highest BCUT2D eigenvalue weighted by atomic mass is 16.5. The zero-order valence-electron chi connectivity index (χ0n) is 15.3. The molecule has 5 rings (SSSR count). The molecule has 1 aliphatic heterocycles. The summed E-state index contributed by atoms with van der Waals surface area (Å²) in [5, 5.41) is 8.47. The van der Waals surface area contributed by atoms with Crippen LogP contribution in [0.2, 0.25) is 0 Å². The van der Waals surface area contributed by atoms with Crippen LogP contribution in [0.3, 0.4) is 0 Å². The molecule has 8 nitrogen and oxygen atoms in total. The van der Waals surface area contributed by atoms with E-state index in [1.165, 1.54) is 0 Å². The summed E-state index contributed by atoms with van der Waals surface area (Å²) in [4.78, 5) is 21.9. The Morgan fingerprint density at radius 3 is 2.65 bits per heavy atom. The van der Waals surface area contributed by atoms with E-state index in [1.807, 2.05) is 23.7 Å². The molecule has 0 N–H and O–H groups in total. The van der Waals surface area contributed by atoms with Crippen molar-refractivity contribution in [3.05, 3.63) is 29.2 Å². The molecule has 2 aromatic heterocycles. The molecule has 1 saturated heterocycles. The van der Waals surface area contributed by atoms with Crippen LogP contribution in [0, 0.1) is 0 Å². The number of hydrogen-bond donors (Lipinski definition) is 0. The van der Waals surface area contributed by atoms with Gasteiger partial charge in [-0.25, -0.2) is 0 Å². The Kier molecular flexibility index (Phi) is 3.63. The van der Waals surface area contributed by atoms with Gasteiger partial charge < -0.3 is 9.42 Å². The van der Waals surface area contributed by atoms with Gasteiger partial charge >= 0.3 is 0 Å². The lowest BCUT2D eigenvalue weighted by Crippen LogP contribution is -2.49. The van der Waals surface area contributed by atoms with Gasteiger partial charge in [-0.1, -0.05) is 5.16 Å². The topological polar surface area (TPSA) is 80.3 Å². The highest BCUT2D eigenvalue weighted by Crippen LogP contribution is 2.42. The van der Waals surface area contributed by atoms with Gasteiger partial charge in [0.25, 0.3) is 5.91 Å². The van der Waals surface area contributed by atoms with Crippen LogP contribution >= 0.6 is 0 Å². The van der Waals surface area contributed by atoms with E-state index >= 15 is 0 Å². The normalized spacial score (nSPS) is 24.2. The van der Waals surface area contributed by atoms with Crippen molar-refractivity contribution in [3.63, 3.8) is 0 Å². The first-order valence-corrected chi connectivity index (χ1v) is 9.46. The number of rotatable bonds is 4. The first kappa shape index (κ1) is 16.0. The maximum atomic E-state index is 13.2. The van der Waals surface area contributed by atoms with Crippen molar-refractivity contribution in [1.29, 1.82) is 0 Å². The second kappa shape index (κ2) is 5.90. The van der Waals surface area contributed by atoms with Gasteiger partial charge in [0.2, 0.25) is 5.89 Å². The molecule has 2 aliphatic carbocycles. The molecule has 0 spiro atoms. The Morgan fingerprint density at radius 1 is 1.15 bits per heavy atom. The van der Waals surface area contributed by atoms with Crippen LogP contribution in [0.5, 0.6) is 0 Å². The fourth-order valence-electron chi connectivity index (χ4n) is 3.84. The Balaban J connectivity index is 1.37. The second-order valence-corrected chi connectivity index (χ2v) is 7.85. The fourth-order valence-corrected chi connectivity index (χ4v) is 3.84. The van der Waals surface area contributed by atoms with Crippen molar-refractivity contribution in [2.75, 3.05) is 26.7 Å². The van der Waals surface area contributed by atoms with Crippen LogP contribution in [0.1, 0.15) is 71.3 Å². The third kappa shape index (κ3) is 2.72. The molecule has 0 radical (unpaired) electrons. The summed E-state index contributed by atoms with van der Waals surface area (Å²) in [5.74, 6) is 2.47. The van der Waals surface area contributed by atoms with E-state index in [9.17, 15) is 4.79 Å². The summed E-state index contributed by atoms with van der Waals surface area (Å²) in [6, 6.07) is -0.0475. The van der Waals surface area contributed by atoms with E-state index in [0.29, 0.717) is 30.8 Å². The number of piperazine rings is 1. The molecule has 0 aromatic carbocycles. The zero-order chi connectivity index (χ0) is 17.8. The minimum atomic E-state index is -0.0475. The third-order valence-electron chi connectivity index (χ3n) is 5.80. The number of carbonyl (C=O) groups is 1. The summed E-state index contributed by atoms with van der Waals surface area (Å²) in [6.07, 6.45) is 6.32. The number of hydrogen-bond acceptors (Lipinski definition) is 6. The van der Waals surface area contributed by atoms with E-state index in [2.05, 4.69) is 20.1 Å². The van der Waals surface area contributed by atoms with E-state index in [4.69, 9.17) is 4.52 Å². The minimum absolute atomic E-state index is 0.0475. The average molecular weight is 356 g/mol. The minimum Gasteiger partial charge on any atom is -0.338 e. The smallest absolute Gasteiger partial charge is 0.257 e. The van der Waals surface area contributed by atoms with Gasteiger partial charge in [-0.3, -0.25) is 14.4 Å². The van der Waals surface area contributed by atoms with Crippen LogP contribution in [0.25, 0.3) is 0 Å². The Bertz CT molecular complexity index is 835. The van der Waals surface area contributed by atoms with Gasteiger partial charge in [0.1, 0.15) is 6.04 Å². The lowest BCUT2D eigenvalue weighted by Gasteiger charge is -2.37. The van der Waals surface area contributed by atoms with Crippen molar-refractivity contribution in [2.24, 2.45) is 7.05 Å². The Hall–Kier alpha value is -2.22. The Morgan fingerprint density at radius 2 is 1.92 bits per heavy atom. The molecule has 1 amide bonds. The molecule has 2 saturated carbocycles. The molecule has 0 bridgehead atoms. The molecule has 8 heteroatoms. The summed E-state index contributed by atoms with van der Waals surface area (Å²) in [5.41, 5.74) is 1.83. The van der Waals surface area contributed by atoms with Crippen molar-refractivity contribution in [2.45, 2.75) is 43.6 Å². The lowest BCUT2D eigenvalue weighted by molar-refractivity contribution is 0.0488. The SMILES string of the molecule is CN1CCN(C(=O)c2cnn(C)c2C2CC2)C[C@H]1c1nc(C2CC2)no1. The first-order chi connectivity index (χ1) is 12.6. The largest absolute Gasteiger partial charge is 0.338 e. The van der Waals surface area contributed by atoms with Crippen molar-refractivity contribution in [3.8, 4) is 0 Å². The van der Waals surface area contributed by atoms with Crippen molar-refractivity contribution < 1.29 is 9.32 Å². The molecule has 3 heterocycles. The number of aromatic nitrogens is 4. The van der Waals surface area contributed by atoms with E-state index in [1.54, 1.807) is 6.20 Å². The fraction of sp³-hybridized carbons (Fsp3) is 0.667. The average Bonchev–Trinajstić information content (AvgIpc) is 3.57. The quantitative estimate of drug-likeness (QED) is 0.829. The number of likely N-dealkylation sites (N-methyl/N-ethyl adjacent to an activating group) is 1. The molecule has 26 heavy (non-hydrogen) atoms. The zero-order valence-corrected chi connectivity index (χ0v) is 15.3. The predicted molar refractivity (Wildman–Crippen MR) is 92.7 cm³/mol. The molecular weight excluding hydrogens is 332 g/mol. The molecule has 3 aliphatic rings. The van der Waals surface area contributed by atoms with Crippen LogP contribution in [-0.4, -0.2) is 62.3 Å². The van der Waals surface area contributed by atoms with Gasteiger partial charge in [-0.05, 0) is 32.7 Å². The number of aryl methyl sites for hydroxylation is 1. The predicted octanol–water partition coefficient (Wildman–Crippen LogP) is 1.69. The summed E-state index contributed by atoms with van der Waals surface area (Å²) in [7, 11) is 3.97. The maximum Gasteiger partial charge on any atom is 0.257 e. The summed E-state index contributed by atoms with van der Waals surface area (Å²) in [6.45, 7) is 2.06. The van der Waals surface area contributed by atoms with Gasteiger partial charge in [0.05, 0.1) is 17.5 Å². The third-order valence-corrected chi connectivity index (χ3v) is 5.80. The molecule has 1 atom stereocenters. The molecule has 2 aromatic rings. The number of carbonyl (C=O) groups excluding carboxylic acids is 1. The standard InChI is InChI=1S/C18H24N6O2/c1-22-7-8-24(10-14(22)17-20-16(21-26-17)12-5-6-12)18(25)13-9-19-23(2)15(13)11-3-4-11/h9,11-12,14H,3-8,10H2,1-2H3/t14-/m0/s1. The maximum absolute atomic E-state index is 13.2. The van der Waals surface area contributed by atoms with Gasteiger partial charge in [0.15, 0.2) is 5.82 Å². The van der Waals surface area contributed by atoms with E-state index < -0.39 is 0 Å². The molecular formula is C18H24N6O2. The van der Waals surface area contributed by atoms with Crippen LogP contribution in [0.4, 0.5) is 0 Å². The summed E-state index contributed by atoms with van der Waals surface area (Å²) < 4.78 is 7.39. The van der Waals surface area contributed by atoms with Crippen LogP contribution in [0.15, 0.2) is 10.7 Å². The monoisotopic (exact) mass is 356 g/mol. The van der Waals surface area contributed by atoms with Crippen molar-refractivity contribution >= 4 is 5.91 Å². The second-order valence-electron chi connectivity index (χ2n) is 7.85. The highest BCUT2D eigenvalue weighted by Gasteiger charge is 2.37. The molecule has 138 valence electrons. The van der Waals surface area contributed by atoms with Crippen molar-refractivity contribution in [1.82, 2.24) is 29.7 Å². The number of amides is 1. The molecule has 0 unspecified atom stereocenters. The van der Waals surface area contributed by atoms with Gasteiger partial charge in [-0.15, -0.1) is 0 Å². The first-order valence-electron chi connectivity index (χ1n) is 9.46. The lowest BCUT2D eigenvalue weighted by atomic mass is 10.1. The van der Waals surface area contributed by atoms with Crippen LogP contribution in [-0.2, 0) is 7.05 Å². The highest BCUT2D eigenvalue weighted by molar-refractivity contribution is 5.95. The summed E-state index contributed by atoms with van der Waals surface area (Å²) >= 11 is 0. The van der Waals surface area contributed by atoms with Gasteiger partial charge in [-0.2, -0.15) is 10.1 Å².